The third-order valence-electron chi connectivity index (χ3n) is 6.50. The van der Waals surface area contributed by atoms with Crippen LogP contribution in [0.5, 0.6) is 5.75 Å². The molecule has 5 rings (SSSR count). The molecule has 1 aliphatic carbocycles. The lowest BCUT2D eigenvalue weighted by atomic mass is 9.94. The third-order valence-corrected chi connectivity index (χ3v) is 6.75. The maximum absolute atomic E-state index is 10.1. The average molecular weight is 444 g/mol. The third kappa shape index (κ3) is 4.01. The van der Waals surface area contributed by atoms with Crippen molar-refractivity contribution in [2.75, 3.05) is 43.1 Å². The molecule has 3 aromatic carbocycles. The highest BCUT2D eigenvalue weighted by molar-refractivity contribution is 6.30. The molecule has 0 amide bonds. The summed E-state index contributed by atoms with van der Waals surface area (Å²) in [6.07, 6.45) is 2.33. The number of benzene rings is 3. The van der Waals surface area contributed by atoms with Crippen LogP contribution in [-0.2, 0) is 0 Å². The summed E-state index contributed by atoms with van der Waals surface area (Å²) < 4.78 is 5.56. The summed E-state index contributed by atoms with van der Waals surface area (Å²) in [5.41, 5.74) is 6.52. The van der Waals surface area contributed by atoms with Crippen LogP contribution in [0.4, 0.5) is 11.4 Å². The van der Waals surface area contributed by atoms with E-state index in [1.807, 2.05) is 24.3 Å². The quantitative estimate of drug-likeness (QED) is 0.478. The second kappa shape index (κ2) is 8.76. The summed E-state index contributed by atoms with van der Waals surface area (Å²) in [5, 5.41) is 10.8. The van der Waals surface area contributed by atoms with Crippen LogP contribution in [0.25, 0.3) is 11.1 Å². The smallest absolute Gasteiger partial charge is 0.142 e. The number of methoxy groups -OCH3 is 1. The summed E-state index contributed by atoms with van der Waals surface area (Å²) in [7, 11) is 1.72. The minimum Gasteiger partial charge on any atom is -0.495 e. The minimum atomic E-state index is 0.505. The SMILES string of the molecule is COc1ccccc1N1CCN(c2cc(-c3ccc(Cl)cc3)cc(C3CC3)c2C#N)CC1. The largest absolute Gasteiger partial charge is 0.495 e. The van der Waals surface area contributed by atoms with Crippen molar-refractivity contribution in [2.45, 2.75) is 18.8 Å². The Kier molecular flexibility index (Phi) is 5.68. The minimum absolute atomic E-state index is 0.505. The van der Waals surface area contributed by atoms with Gasteiger partial charge in [0.2, 0.25) is 0 Å². The molecule has 1 heterocycles. The van der Waals surface area contributed by atoms with Gasteiger partial charge < -0.3 is 14.5 Å². The van der Waals surface area contributed by atoms with Gasteiger partial charge in [0.05, 0.1) is 24.0 Å². The first-order valence-electron chi connectivity index (χ1n) is 11.1. The summed E-state index contributed by atoms with van der Waals surface area (Å²) >= 11 is 6.11. The second-order valence-electron chi connectivity index (χ2n) is 8.50. The number of nitriles is 1. The van der Waals surface area contributed by atoms with Crippen LogP contribution in [0.2, 0.25) is 5.02 Å². The van der Waals surface area contributed by atoms with Crippen LogP contribution in [0, 0.1) is 11.3 Å². The van der Waals surface area contributed by atoms with Crippen molar-refractivity contribution in [1.82, 2.24) is 0 Å². The molecule has 5 heteroatoms. The zero-order valence-corrected chi connectivity index (χ0v) is 19.0. The molecule has 0 bridgehead atoms. The molecule has 0 unspecified atom stereocenters. The number of rotatable bonds is 5. The van der Waals surface area contributed by atoms with Crippen molar-refractivity contribution < 1.29 is 4.74 Å². The average Bonchev–Trinajstić information content (AvgIpc) is 3.69. The van der Waals surface area contributed by atoms with E-state index < -0.39 is 0 Å². The highest BCUT2D eigenvalue weighted by Crippen LogP contribution is 2.45. The molecule has 2 fully saturated rings. The Morgan fingerprint density at radius 2 is 1.53 bits per heavy atom. The standard InChI is InChI=1S/C27H26ClN3O/c1-32-27-5-3-2-4-25(27)30-12-14-31(15-13-30)26-17-21(19-8-10-22(28)11-9-19)16-23(20-6-7-20)24(26)18-29/h2-5,8-11,16-17,20H,6-7,12-15H2,1H3. The fraction of sp³-hybridized carbons (Fsp3) is 0.296. The van der Waals surface area contributed by atoms with E-state index in [4.69, 9.17) is 16.3 Å². The molecule has 1 aliphatic heterocycles. The molecule has 1 saturated heterocycles. The molecule has 0 spiro atoms. The Bertz CT molecular complexity index is 1160. The Balaban J connectivity index is 1.46. The Morgan fingerprint density at radius 1 is 0.875 bits per heavy atom. The molecule has 1 saturated carbocycles. The predicted octanol–water partition coefficient (Wildman–Crippen LogP) is 6.09. The monoisotopic (exact) mass is 443 g/mol. The molecule has 0 N–H and O–H groups in total. The van der Waals surface area contributed by atoms with Crippen LogP contribution in [-0.4, -0.2) is 33.3 Å². The Labute approximate surface area is 194 Å². The first kappa shape index (κ1) is 20.7. The van der Waals surface area contributed by atoms with E-state index in [0.29, 0.717) is 5.92 Å². The predicted molar refractivity (Wildman–Crippen MR) is 131 cm³/mol. The van der Waals surface area contributed by atoms with Crippen LogP contribution in [0.1, 0.15) is 29.9 Å². The Hall–Kier alpha value is -3.16. The molecule has 0 radical (unpaired) electrons. The highest BCUT2D eigenvalue weighted by Gasteiger charge is 2.30. The second-order valence-corrected chi connectivity index (χ2v) is 8.93. The van der Waals surface area contributed by atoms with E-state index in [1.54, 1.807) is 7.11 Å². The van der Waals surface area contributed by atoms with Crippen molar-refractivity contribution in [3.63, 3.8) is 0 Å². The van der Waals surface area contributed by atoms with Crippen molar-refractivity contribution in [2.24, 2.45) is 0 Å². The number of piperazine rings is 1. The topological polar surface area (TPSA) is 39.5 Å². The Morgan fingerprint density at radius 3 is 2.16 bits per heavy atom. The number of para-hydroxylation sites is 2. The number of anilines is 2. The van der Waals surface area contributed by atoms with E-state index >= 15 is 0 Å². The molecular weight excluding hydrogens is 418 g/mol. The fourth-order valence-electron chi connectivity index (χ4n) is 4.62. The molecule has 4 nitrogen and oxygen atoms in total. The summed E-state index contributed by atoms with van der Waals surface area (Å²) in [5.74, 6) is 1.41. The molecule has 32 heavy (non-hydrogen) atoms. The van der Waals surface area contributed by atoms with Gasteiger partial charge in [0, 0.05) is 31.2 Å². The van der Waals surface area contributed by atoms with Crippen LogP contribution in [0.15, 0.2) is 60.7 Å². The fourth-order valence-corrected chi connectivity index (χ4v) is 4.75. The lowest BCUT2D eigenvalue weighted by molar-refractivity contribution is 0.413. The number of hydrogen-bond donors (Lipinski definition) is 0. The van der Waals surface area contributed by atoms with Crippen LogP contribution >= 0.6 is 11.6 Å². The highest BCUT2D eigenvalue weighted by atomic mass is 35.5. The molecule has 162 valence electrons. The molecular formula is C27H26ClN3O. The lowest BCUT2D eigenvalue weighted by Crippen LogP contribution is -2.47. The van der Waals surface area contributed by atoms with E-state index in [2.05, 4.69) is 52.3 Å². The van der Waals surface area contributed by atoms with Crippen molar-refractivity contribution in [1.29, 1.82) is 5.26 Å². The normalized spacial score (nSPS) is 16.0. The lowest BCUT2D eigenvalue weighted by Gasteiger charge is -2.38. The van der Waals surface area contributed by atoms with Gasteiger partial charge >= 0.3 is 0 Å². The van der Waals surface area contributed by atoms with Crippen molar-refractivity contribution in [3.05, 3.63) is 76.8 Å². The number of hydrogen-bond acceptors (Lipinski definition) is 4. The first-order chi connectivity index (χ1) is 15.7. The number of nitrogens with zero attached hydrogens (tertiary/aromatic N) is 3. The maximum Gasteiger partial charge on any atom is 0.142 e. The molecule has 3 aromatic rings. The molecule has 0 atom stereocenters. The summed E-state index contributed by atoms with van der Waals surface area (Å²) in [4.78, 5) is 4.74. The number of ether oxygens (including phenoxy) is 1. The maximum atomic E-state index is 10.1. The summed E-state index contributed by atoms with van der Waals surface area (Å²) in [6.45, 7) is 3.49. The van der Waals surface area contributed by atoms with E-state index in [9.17, 15) is 5.26 Å². The van der Waals surface area contributed by atoms with Crippen molar-refractivity contribution >= 4 is 23.0 Å². The van der Waals surface area contributed by atoms with Gasteiger partial charge in [-0.1, -0.05) is 35.9 Å². The van der Waals surface area contributed by atoms with Gasteiger partial charge in [-0.2, -0.15) is 5.26 Å². The first-order valence-corrected chi connectivity index (χ1v) is 11.5. The van der Waals surface area contributed by atoms with E-state index in [-0.39, 0.29) is 0 Å². The molecule has 2 aliphatic rings. The van der Waals surface area contributed by atoms with Gasteiger partial charge in [-0.3, -0.25) is 0 Å². The van der Waals surface area contributed by atoms with Gasteiger partial charge in [0.1, 0.15) is 11.8 Å². The zero-order valence-electron chi connectivity index (χ0n) is 18.2. The van der Waals surface area contributed by atoms with Crippen molar-refractivity contribution in [3.8, 4) is 22.9 Å². The van der Waals surface area contributed by atoms with Gasteiger partial charge in [-0.05, 0) is 71.8 Å². The van der Waals surface area contributed by atoms with E-state index in [1.165, 1.54) is 18.4 Å². The molecule has 0 aromatic heterocycles. The zero-order chi connectivity index (χ0) is 22.1. The van der Waals surface area contributed by atoms with Gasteiger partial charge in [-0.15, -0.1) is 0 Å². The van der Waals surface area contributed by atoms with Gasteiger partial charge in [0.15, 0.2) is 0 Å². The number of halogens is 1. The van der Waals surface area contributed by atoms with Crippen LogP contribution < -0.4 is 14.5 Å². The summed E-state index contributed by atoms with van der Waals surface area (Å²) in [6, 6.07) is 23.1. The van der Waals surface area contributed by atoms with Gasteiger partial charge in [-0.25, -0.2) is 0 Å². The van der Waals surface area contributed by atoms with E-state index in [0.717, 1.165) is 65.0 Å². The van der Waals surface area contributed by atoms with Gasteiger partial charge in [0.25, 0.3) is 0 Å². The van der Waals surface area contributed by atoms with Crippen LogP contribution in [0.3, 0.4) is 0 Å².